The van der Waals surface area contributed by atoms with E-state index in [1.54, 1.807) is 7.11 Å². The van der Waals surface area contributed by atoms with Gasteiger partial charge in [-0.3, -0.25) is 4.79 Å². The summed E-state index contributed by atoms with van der Waals surface area (Å²) in [6.07, 6.45) is 7.14. The van der Waals surface area contributed by atoms with Gasteiger partial charge in [0, 0.05) is 19.1 Å². The van der Waals surface area contributed by atoms with Crippen molar-refractivity contribution >= 4 is 17.2 Å². The molecule has 148 valence electrons. The van der Waals surface area contributed by atoms with Gasteiger partial charge in [-0.05, 0) is 62.7 Å². The minimum atomic E-state index is -0.469. The molecule has 0 radical (unpaired) electrons. The summed E-state index contributed by atoms with van der Waals surface area (Å²) in [5, 5.41) is 14.7. The van der Waals surface area contributed by atoms with Crippen molar-refractivity contribution in [3.63, 3.8) is 0 Å². The molecule has 0 saturated heterocycles. The number of rotatable bonds is 7. The average molecular weight is 393 g/mol. The number of ether oxygens (including phenoxy) is 2. The molecule has 1 heterocycles. The molecule has 1 aromatic heterocycles. The molecule has 4 bridgehead atoms. The molecule has 6 nitrogen and oxygen atoms in total. The summed E-state index contributed by atoms with van der Waals surface area (Å²) in [5.74, 6) is 1.88. The highest BCUT2D eigenvalue weighted by Gasteiger charge is 2.55. The highest BCUT2D eigenvalue weighted by Crippen LogP contribution is 2.55. The van der Waals surface area contributed by atoms with E-state index < -0.39 is 5.60 Å². The van der Waals surface area contributed by atoms with Crippen molar-refractivity contribution in [3.8, 4) is 5.19 Å². The fourth-order valence-corrected chi connectivity index (χ4v) is 6.75. The maximum Gasteiger partial charge on any atom is 0.274 e. The molecule has 5 fully saturated rings. The molecular weight excluding hydrogens is 364 g/mol. The Balaban J connectivity index is 1.31. The topological polar surface area (TPSA) is 80.7 Å². The Morgan fingerprint density at radius 2 is 2.00 bits per heavy atom. The Bertz CT molecular complexity index is 716. The summed E-state index contributed by atoms with van der Waals surface area (Å²) >= 11 is 1.36. The van der Waals surface area contributed by atoms with Crippen molar-refractivity contribution in [3.05, 3.63) is 10.6 Å². The van der Waals surface area contributed by atoms with E-state index in [-0.39, 0.29) is 11.9 Å². The minimum Gasteiger partial charge on any atom is -0.468 e. The number of nitrogens with zero attached hydrogens (tertiary/aromatic N) is 1. The zero-order valence-electron chi connectivity index (χ0n) is 15.8. The molecular formula is C20H28N2O4S. The van der Waals surface area contributed by atoms with Gasteiger partial charge >= 0.3 is 0 Å². The third-order valence-electron chi connectivity index (χ3n) is 6.86. The van der Waals surface area contributed by atoms with E-state index in [4.69, 9.17) is 9.47 Å². The number of hydrogen-bond donors (Lipinski definition) is 2. The van der Waals surface area contributed by atoms with Gasteiger partial charge in [-0.25, -0.2) is 4.98 Å². The van der Waals surface area contributed by atoms with Gasteiger partial charge < -0.3 is 19.9 Å². The molecule has 0 aromatic carbocycles. The summed E-state index contributed by atoms with van der Waals surface area (Å²) < 4.78 is 10.7. The maximum atomic E-state index is 13.1. The van der Waals surface area contributed by atoms with Crippen LogP contribution in [0, 0.1) is 17.8 Å². The molecule has 6 rings (SSSR count). The Labute approximate surface area is 163 Å². The van der Waals surface area contributed by atoms with E-state index in [0.717, 1.165) is 55.5 Å². The number of carbonyl (C=O) groups excluding carboxylic acids is 1. The van der Waals surface area contributed by atoms with Crippen LogP contribution in [0.2, 0.25) is 0 Å². The molecule has 5 aliphatic rings. The number of carbonyl (C=O) groups is 1. The summed E-state index contributed by atoms with van der Waals surface area (Å²) in [5.41, 5.74) is 0.441. The van der Waals surface area contributed by atoms with Crippen molar-refractivity contribution < 1.29 is 19.4 Å². The monoisotopic (exact) mass is 392 g/mol. The van der Waals surface area contributed by atoms with Gasteiger partial charge in [-0.15, -0.1) is 0 Å². The Hall–Kier alpha value is -1.18. The van der Waals surface area contributed by atoms with Crippen molar-refractivity contribution in [1.82, 2.24) is 10.3 Å². The summed E-state index contributed by atoms with van der Waals surface area (Å²) in [4.78, 5) is 18.4. The standard InChI is InChI=1S/C20H28N2O4S/c1-25-4-5-26-19-22-16(12-2-3-12)17(27-19)18(23)21-15-13-6-11-7-14(15)10-20(24,8-11)9-13/h11-15,24H,2-10H2,1H3,(H,21,23). The Morgan fingerprint density at radius 3 is 2.63 bits per heavy atom. The van der Waals surface area contributed by atoms with Gasteiger partial charge in [0.25, 0.3) is 11.1 Å². The van der Waals surface area contributed by atoms with Crippen molar-refractivity contribution in [2.24, 2.45) is 17.8 Å². The van der Waals surface area contributed by atoms with E-state index in [0.29, 0.717) is 42.1 Å². The predicted molar refractivity (Wildman–Crippen MR) is 101 cm³/mol. The van der Waals surface area contributed by atoms with Gasteiger partial charge in [0.2, 0.25) is 0 Å². The molecule has 27 heavy (non-hydrogen) atoms. The zero-order chi connectivity index (χ0) is 18.6. The number of hydrogen-bond acceptors (Lipinski definition) is 6. The van der Waals surface area contributed by atoms with Crippen LogP contribution in [0.25, 0.3) is 0 Å². The highest BCUT2D eigenvalue weighted by atomic mass is 32.1. The van der Waals surface area contributed by atoms with Gasteiger partial charge in [0.15, 0.2) is 0 Å². The van der Waals surface area contributed by atoms with E-state index >= 15 is 0 Å². The van der Waals surface area contributed by atoms with Crippen LogP contribution < -0.4 is 10.1 Å². The van der Waals surface area contributed by atoms with E-state index in [2.05, 4.69) is 10.3 Å². The van der Waals surface area contributed by atoms with Crippen molar-refractivity contribution in [2.75, 3.05) is 20.3 Å². The number of amides is 1. The van der Waals surface area contributed by atoms with Crippen molar-refractivity contribution in [2.45, 2.75) is 62.5 Å². The largest absolute Gasteiger partial charge is 0.468 e. The molecule has 2 N–H and O–H groups in total. The van der Waals surface area contributed by atoms with Gasteiger partial charge in [0.1, 0.15) is 11.5 Å². The van der Waals surface area contributed by atoms with Crippen LogP contribution in [0.3, 0.4) is 0 Å². The smallest absolute Gasteiger partial charge is 0.274 e. The number of methoxy groups -OCH3 is 1. The predicted octanol–water partition coefficient (Wildman–Crippen LogP) is 2.72. The van der Waals surface area contributed by atoms with Gasteiger partial charge in [-0.2, -0.15) is 0 Å². The minimum absolute atomic E-state index is 0.000421. The van der Waals surface area contributed by atoms with Crippen LogP contribution in [-0.4, -0.2) is 48.0 Å². The maximum absolute atomic E-state index is 13.1. The first-order valence-electron chi connectivity index (χ1n) is 10.2. The lowest BCUT2D eigenvalue weighted by atomic mass is 9.52. The number of aromatic nitrogens is 1. The number of aliphatic hydroxyl groups is 1. The van der Waals surface area contributed by atoms with Crippen LogP contribution in [0.15, 0.2) is 0 Å². The van der Waals surface area contributed by atoms with Crippen molar-refractivity contribution in [1.29, 1.82) is 0 Å². The normalized spacial score (nSPS) is 36.8. The molecule has 0 spiro atoms. The second-order valence-corrected chi connectivity index (χ2v) is 9.96. The first-order valence-corrected chi connectivity index (χ1v) is 11.0. The first kappa shape index (κ1) is 17.9. The Morgan fingerprint density at radius 1 is 1.26 bits per heavy atom. The molecule has 0 aliphatic heterocycles. The van der Waals surface area contributed by atoms with Crippen LogP contribution >= 0.6 is 11.3 Å². The fourth-order valence-electron chi connectivity index (χ4n) is 5.82. The second-order valence-electron chi connectivity index (χ2n) is 9.00. The van der Waals surface area contributed by atoms with E-state index in [1.165, 1.54) is 11.3 Å². The molecule has 1 amide bonds. The van der Waals surface area contributed by atoms with Gasteiger partial charge in [0.05, 0.1) is 17.9 Å². The van der Waals surface area contributed by atoms with Crippen LogP contribution in [0.5, 0.6) is 5.19 Å². The third-order valence-corrected chi connectivity index (χ3v) is 7.84. The molecule has 2 unspecified atom stereocenters. The quantitative estimate of drug-likeness (QED) is 0.698. The molecule has 5 saturated carbocycles. The molecule has 2 atom stereocenters. The molecule has 7 heteroatoms. The third kappa shape index (κ3) is 3.38. The summed E-state index contributed by atoms with van der Waals surface area (Å²) in [6, 6.07) is 0.196. The zero-order valence-corrected chi connectivity index (χ0v) is 16.6. The lowest BCUT2D eigenvalue weighted by Crippen LogP contribution is -2.61. The number of nitrogens with one attached hydrogen (secondary N) is 1. The van der Waals surface area contributed by atoms with Crippen LogP contribution in [0.1, 0.15) is 66.2 Å². The highest BCUT2D eigenvalue weighted by molar-refractivity contribution is 7.15. The van der Waals surface area contributed by atoms with E-state index in [1.807, 2.05) is 0 Å². The summed E-state index contributed by atoms with van der Waals surface area (Å²) in [7, 11) is 1.64. The van der Waals surface area contributed by atoms with E-state index in [9.17, 15) is 9.90 Å². The van der Waals surface area contributed by atoms with Crippen LogP contribution in [-0.2, 0) is 4.74 Å². The fraction of sp³-hybridized carbons (Fsp3) is 0.800. The first-order chi connectivity index (χ1) is 13.0. The second kappa shape index (κ2) is 6.71. The lowest BCUT2D eigenvalue weighted by Gasteiger charge is -2.58. The van der Waals surface area contributed by atoms with Crippen LogP contribution in [0.4, 0.5) is 0 Å². The Kier molecular flexibility index (Phi) is 4.44. The average Bonchev–Trinajstić information content (AvgIpc) is 3.37. The SMILES string of the molecule is COCCOc1nc(C2CC2)c(C(=O)NC2C3CC4CC2CC(O)(C4)C3)s1. The lowest BCUT2D eigenvalue weighted by molar-refractivity contribution is -0.136. The summed E-state index contributed by atoms with van der Waals surface area (Å²) in [6.45, 7) is 0.956. The molecule has 5 aliphatic carbocycles. The molecule has 1 aromatic rings. The number of thiazole rings is 1. The van der Waals surface area contributed by atoms with Gasteiger partial charge in [-0.1, -0.05) is 11.3 Å².